The second-order valence-corrected chi connectivity index (χ2v) is 8.12. The van der Waals surface area contributed by atoms with E-state index in [4.69, 9.17) is 4.74 Å². The third-order valence-electron chi connectivity index (χ3n) is 4.06. The zero-order valence-corrected chi connectivity index (χ0v) is 15.8. The van der Waals surface area contributed by atoms with E-state index in [1.807, 2.05) is 35.1 Å². The summed E-state index contributed by atoms with van der Waals surface area (Å²) in [7, 11) is -4.63. The summed E-state index contributed by atoms with van der Waals surface area (Å²) in [5, 5.41) is 1.80. The summed E-state index contributed by atoms with van der Waals surface area (Å²) in [6.45, 7) is 0. The van der Waals surface area contributed by atoms with E-state index in [0.717, 1.165) is 10.8 Å². The van der Waals surface area contributed by atoms with Gasteiger partial charge in [-0.3, -0.25) is 4.72 Å². The molecule has 0 aromatic heterocycles. The summed E-state index contributed by atoms with van der Waals surface area (Å²) in [5.41, 5.74) is -2.70. The van der Waals surface area contributed by atoms with Crippen molar-refractivity contribution in [2.45, 2.75) is 24.5 Å². The maximum Gasteiger partial charge on any atom is 0.389 e. The van der Waals surface area contributed by atoms with Crippen LogP contribution in [0.1, 0.15) is 12.8 Å². The molecule has 1 N–H and O–H groups in total. The van der Waals surface area contributed by atoms with Crippen LogP contribution in [0.5, 0.6) is 11.5 Å². The van der Waals surface area contributed by atoms with Gasteiger partial charge in [-0.25, -0.2) is 12.8 Å². The summed E-state index contributed by atoms with van der Waals surface area (Å²) in [4.78, 5) is 0. The number of hydrogen-bond acceptors (Lipinski definition) is 3. The third kappa shape index (κ3) is 5.60. The average Bonchev–Trinajstić information content (AvgIpc) is 2.66. The predicted octanol–water partition coefficient (Wildman–Crippen LogP) is 6.01. The molecule has 0 aliphatic heterocycles. The van der Waals surface area contributed by atoms with Crippen LogP contribution in [0.4, 0.5) is 23.2 Å². The molecule has 0 spiro atoms. The van der Waals surface area contributed by atoms with Crippen LogP contribution < -0.4 is 9.46 Å². The Balaban J connectivity index is 1.75. The molecule has 0 heterocycles. The summed E-state index contributed by atoms with van der Waals surface area (Å²) in [6.07, 6.45) is -7.34. The highest BCUT2D eigenvalue weighted by Gasteiger charge is 2.33. The van der Waals surface area contributed by atoms with Crippen molar-refractivity contribution in [2.75, 3.05) is 4.72 Å². The minimum Gasteiger partial charge on any atom is -0.457 e. The number of benzene rings is 3. The number of halogens is 4. The van der Waals surface area contributed by atoms with E-state index in [2.05, 4.69) is 0 Å². The summed E-state index contributed by atoms with van der Waals surface area (Å²) < 4.78 is 82.2. The van der Waals surface area contributed by atoms with Gasteiger partial charge in [0.25, 0.3) is 10.0 Å². The number of alkyl halides is 4. The molecule has 1 unspecified atom stereocenters. The first-order valence-electron chi connectivity index (χ1n) is 8.62. The zero-order valence-electron chi connectivity index (χ0n) is 15.0. The zero-order chi connectivity index (χ0) is 21.1. The molecule has 0 fully saturated rings. The van der Waals surface area contributed by atoms with Crippen molar-refractivity contribution in [1.29, 1.82) is 0 Å². The largest absolute Gasteiger partial charge is 0.457 e. The van der Waals surface area contributed by atoms with Gasteiger partial charge in [-0.1, -0.05) is 42.5 Å². The minimum absolute atomic E-state index is 0.0163. The maximum absolute atomic E-state index is 13.8. The smallest absolute Gasteiger partial charge is 0.389 e. The standard InChI is InChI=1S/C20H17F4NO3S/c21-19(11-12-20(22,23)24)29(26,27)25-15-7-4-8-16(13-15)28-18-10-3-6-14-5-1-2-9-17(14)18/h1-10,13,19,25H,11-12H2. The van der Waals surface area contributed by atoms with Crippen LogP contribution in [-0.2, 0) is 10.0 Å². The molecule has 154 valence electrons. The van der Waals surface area contributed by atoms with E-state index in [1.165, 1.54) is 18.2 Å². The van der Waals surface area contributed by atoms with Gasteiger partial charge in [-0.15, -0.1) is 0 Å². The minimum atomic E-state index is -4.63. The second-order valence-electron chi connectivity index (χ2n) is 6.32. The fraction of sp³-hybridized carbons (Fsp3) is 0.200. The lowest BCUT2D eigenvalue weighted by Crippen LogP contribution is -2.25. The SMILES string of the molecule is O=S(=O)(Nc1cccc(Oc2cccc3ccccc23)c1)C(F)CCC(F)(F)F. The normalized spacial score (nSPS) is 13.2. The van der Waals surface area contributed by atoms with E-state index in [0.29, 0.717) is 5.75 Å². The molecule has 29 heavy (non-hydrogen) atoms. The highest BCUT2D eigenvalue weighted by atomic mass is 32.2. The third-order valence-corrected chi connectivity index (χ3v) is 5.49. The Hall–Kier alpha value is -2.81. The molecule has 1 atom stereocenters. The number of nitrogens with one attached hydrogen (secondary N) is 1. The number of rotatable bonds is 7. The van der Waals surface area contributed by atoms with Gasteiger partial charge in [0.1, 0.15) is 11.5 Å². The lowest BCUT2D eigenvalue weighted by Gasteiger charge is -2.14. The highest BCUT2D eigenvalue weighted by molar-refractivity contribution is 7.93. The monoisotopic (exact) mass is 427 g/mol. The van der Waals surface area contributed by atoms with Gasteiger partial charge in [-0.2, -0.15) is 13.2 Å². The average molecular weight is 427 g/mol. The molecule has 0 bridgehead atoms. The summed E-state index contributed by atoms with van der Waals surface area (Å²) in [5.74, 6) is 0.823. The number of anilines is 1. The molecule has 0 saturated carbocycles. The first-order chi connectivity index (χ1) is 13.6. The van der Waals surface area contributed by atoms with Crippen molar-refractivity contribution in [3.05, 3.63) is 66.7 Å². The molecular formula is C20H17F4NO3S. The second kappa shape index (κ2) is 8.28. The van der Waals surface area contributed by atoms with Crippen LogP contribution in [0.3, 0.4) is 0 Å². The van der Waals surface area contributed by atoms with Gasteiger partial charge in [0.05, 0.1) is 5.69 Å². The Morgan fingerprint density at radius 3 is 2.41 bits per heavy atom. The van der Waals surface area contributed by atoms with Gasteiger partial charge >= 0.3 is 6.18 Å². The van der Waals surface area contributed by atoms with Gasteiger partial charge in [0, 0.05) is 24.3 Å². The molecule has 0 aliphatic rings. The molecule has 4 nitrogen and oxygen atoms in total. The molecular weight excluding hydrogens is 410 g/mol. The number of sulfonamides is 1. The predicted molar refractivity (Wildman–Crippen MR) is 103 cm³/mol. The topological polar surface area (TPSA) is 55.4 Å². The van der Waals surface area contributed by atoms with Gasteiger partial charge in [0.2, 0.25) is 5.50 Å². The Bertz CT molecular complexity index is 1090. The Kier molecular flexibility index (Phi) is 5.97. The van der Waals surface area contributed by atoms with E-state index >= 15 is 0 Å². The van der Waals surface area contributed by atoms with E-state index in [-0.39, 0.29) is 11.4 Å². The fourth-order valence-corrected chi connectivity index (χ4v) is 3.71. The van der Waals surface area contributed by atoms with Crippen LogP contribution in [0.25, 0.3) is 10.8 Å². The van der Waals surface area contributed by atoms with Crippen LogP contribution in [0, 0.1) is 0 Å². The van der Waals surface area contributed by atoms with Gasteiger partial charge in [0.15, 0.2) is 0 Å². The van der Waals surface area contributed by atoms with E-state index in [1.54, 1.807) is 18.2 Å². The van der Waals surface area contributed by atoms with E-state index < -0.39 is 34.5 Å². The lowest BCUT2D eigenvalue weighted by molar-refractivity contribution is -0.136. The van der Waals surface area contributed by atoms with Crippen molar-refractivity contribution in [2.24, 2.45) is 0 Å². The van der Waals surface area contributed by atoms with Crippen LogP contribution >= 0.6 is 0 Å². The molecule has 3 aromatic rings. The molecule has 0 aliphatic carbocycles. The highest BCUT2D eigenvalue weighted by Crippen LogP contribution is 2.31. The number of ether oxygens (including phenoxy) is 1. The lowest BCUT2D eigenvalue weighted by atomic mass is 10.1. The number of hydrogen-bond donors (Lipinski definition) is 1. The Morgan fingerprint density at radius 1 is 0.966 bits per heavy atom. The molecule has 0 radical (unpaired) electrons. The van der Waals surface area contributed by atoms with Crippen molar-refractivity contribution < 1.29 is 30.7 Å². The van der Waals surface area contributed by atoms with E-state index in [9.17, 15) is 26.0 Å². The Labute approximate surface area is 165 Å². The Morgan fingerprint density at radius 2 is 1.66 bits per heavy atom. The van der Waals surface area contributed by atoms with Crippen molar-refractivity contribution in [3.63, 3.8) is 0 Å². The molecule has 0 saturated heterocycles. The van der Waals surface area contributed by atoms with Crippen LogP contribution in [0.2, 0.25) is 0 Å². The summed E-state index contributed by atoms with van der Waals surface area (Å²) >= 11 is 0. The molecule has 9 heteroatoms. The van der Waals surface area contributed by atoms with Crippen molar-refractivity contribution in [3.8, 4) is 11.5 Å². The van der Waals surface area contributed by atoms with Crippen LogP contribution in [-0.4, -0.2) is 20.1 Å². The first-order valence-corrected chi connectivity index (χ1v) is 10.2. The number of fused-ring (bicyclic) bond motifs is 1. The van der Waals surface area contributed by atoms with Gasteiger partial charge < -0.3 is 4.74 Å². The first kappa shape index (κ1) is 20.9. The molecule has 3 rings (SSSR count). The fourth-order valence-electron chi connectivity index (χ4n) is 2.70. The van der Waals surface area contributed by atoms with Crippen molar-refractivity contribution >= 4 is 26.5 Å². The maximum atomic E-state index is 13.8. The van der Waals surface area contributed by atoms with Gasteiger partial charge in [-0.05, 0) is 23.6 Å². The molecule has 0 amide bonds. The summed E-state index contributed by atoms with van der Waals surface area (Å²) in [6, 6.07) is 18.7. The van der Waals surface area contributed by atoms with Crippen LogP contribution in [0.15, 0.2) is 66.7 Å². The quantitative estimate of drug-likeness (QED) is 0.470. The molecule has 3 aromatic carbocycles. The van der Waals surface area contributed by atoms with Crippen molar-refractivity contribution in [1.82, 2.24) is 0 Å².